The first-order chi connectivity index (χ1) is 5.70. The summed E-state index contributed by atoms with van der Waals surface area (Å²) in [7, 11) is 0. The Kier molecular flexibility index (Phi) is 2.71. The maximum Gasteiger partial charge on any atom is 0.363 e. The molecule has 5 heteroatoms. The van der Waals surface area contributed by atoms with E-state index < -0.39 is 5.97 Å². The van der Waals surface area contributed by atoms with Gasteiger partial charge in [0.1, 0.15) is 0 Å². The summed E-state index contributed by atoms with van der Waals surface area (Å²) in [5, 5.41) is 11.0. The van der Waals surface area contributed by atoms with Crippen molar-refractivity contribution in [2.45, 2.75) is 0 Å². The number of anilines is 1. The lowest BCUT2D eigenvalue weighted by Crippen LogP contribution is -2.19. The van der Waals surface area contributed by atoms with Crippen molar-refractivity contribution < 1.29 is 9.90 Å². The van der Waals surface area contributed by atoms with Gasteiger partial charge < -0.3 is 10.4 Å². The minimum Gasteiger partial charge on any atom is -0.476 e. The zero-order chi connectivity index (χ0) is 8.97. The molecule has 0 amide bonds. The van der Waals surface area contributed by atoms with Crippen LogP contribution in [0.1, 0.15) is 0 Å². The molecule has 0 radical (unpaired) electrons. The number of aliphatic carboxylic acids is 1. The molecule has 62 valence electrons. The van der Waals surface area contributed by atoms with Gasteiger partial charge in [-0.05, 0) is 12.1 Å². The van der Waals surface area contributed by atoms with Crippen LogP contribution in [0, 0.1) is 0 Å². The van der Waals surface area contributed by atoms with Crippen molar-refractivity contribution in [2.24, 2.45) is 0 Å². The molecule has 0 aliphatic heterocycles. The third-order valence-electron chi connectivity index (χ3n) is 1.13. The summed E-state index contributed by atoms with van der Waals surface area (Å²) in [6.45, 7) is 0. The van der Waals surface area contributed by atoms with E-state index in [9.17, 15) is 4.79 Å². The molecule has 12 heavy (non-hydrogen) atoms. The molecule has 1 aromatic rings. The van der Waals surface area contributed by atoms with E-state index in [4.69, 9.17) is 5.11 Å². The van der Waals surface area contributed by atoms with Crippen molar-refractivity contribution >= 4 is 28.9 Å². The fraction of sp³-hybridized carbons (Fsp3) is 0. The second-order valence-corrected chi connectivity index (χ2v) is 2.40. The van der Waals surface area contributed by atoms with Gasteiger partial charge in [-0.25, -0.2) is 4.79 Å². The summed E-state index contributed by atoms with van der Waals surface area (Å²) in [5.74, 6) is -1.14. The van der Waals surface area contributed by atoms with E-state index in [2.05, 4.69) is 22.5 Å². The van der Waals surface area contributed by atoms with Gasteiger partial charge in [0.2, 0.25) is 0 Å². The summed E-state index contributed by atoms with van der Waals surface area (Å²) in [4.78, 5) is 13.8. The van der Waals surface area contributed by atoms with Crippen LogP contribution in [0.3, 0.4) is 0 Å². The SMILES string of the molecule is O=C(O)C(=S)Nc1ccncc1. The number of hydrogen-bond acceptors (Lipinski definition) is 3. The van der Waals surface area contributed by atoms with Gasteiger partial charge in [-0.2, -0.15) is 0 Å². The van der Waals surface area contributed by atoms with E-state index in [0.29, 0.717) is 5.69 Å². The summed E-state index contributed by atoms with van der Waals surface area (Å²) in [6, 6.07) is 3.27. The second kappa shape index (κ2) is 3.77. The molecule has 0 aromatic carbocycles. The fourth-order valence-electron chi connectivity index (χ4n) is 0.620. The Balaban J connectivity index is 2.65. The molecule has 0 saturated carbocycles. The average molecular weight is 182 g/mol. The van der Waals surface area contributed by atoms with Crippen molar-refractivity contribution in [3.05, 3.63) is 24.5 Å². The molecule has 1 heterocycles. The molecule has 1 aromatic heterocycles. The highest BCUT2D eigenvalue weighted by Gasteiger charge is 2.04. The molecule has 0 bridgehead atoms. The van der Waals surface area contributed by atoms with Crippen LogP contribution in [0.15, 0.2) is 24.5 Å². The number of pyridine rings is 1. The van der Waals surface area contributed by atoms with Crippen LogP contribution in [0.5, 0.6) is 0 Å². The van der Waals surface area contributed by atoms with Gasteiger partial charge in [0, 0.05) is 18.1 Å². The Labute approximate surface area is 74.2 Å². The molecule has 4 nitrogen and oxygen atoms in total. The largest absolute Gasteiger partial charge is 0.476 e. The molecule has 0 spiro atoms. The molecule has 0 atom stereocenters. The molecule has 0 aliphatic rings. The normalized spacial score (nSPS) is 9.00. The van der Waals surface area contributed by atoms with Crippen LogP contribution in [0.2, 0.25) is 0 Å². The number of carbonyl (C=O) groups is 1. The Morgan fingerprint density at radius 2 is 2.08 bits per heavy atom. The van der Waals surface area contributed by atoms with Crippen molar-refractivity contribution in [2.75, 3.05) is 5.32 Å². The maximum atomic E-state index is 10.3. The Morgan fingerprint density at radius 1 is 1.50 bits per heavy atom. The summed E-state index contributed by atoms with van der Waals surface area (Å²) >= 11 is 4.53. The first-order valence-corrected chi connectivity index (χ1v) is 3.55. The van der Waals surface area contributed by atoms with E-state index in [-0.39, 0.29) is 4.99 Å². The second-order valence-electron chi connectivity index (χ2n) is 2.00. The lowest BCUT2D eigenvalue weighted by Gasteiger charge is -2.01. The number of aromatic nitrogens is 1. The van der Waals surface area contributed by atoms with E-state index in [1.54, 1.807) is 24.5 Å². The quantitative estimate of drug-likeness (QED) is 0.632. The van der Waals surface area contributed by atoms with E-state index in [1.165, 1.54) is 0 Å². The zero-order valence-electron chi connectivity index (χ0n) is 6.02. The molecule has 0 saturated heterocycles. The minimum absolute atomic E-state index is 0.221. The molecule has 0 unspecified atom stereocenters. The van der Waals surface area contributed by atoms with Crippen molar-refractivity contribution in [1.29, 1.82) is 0 Å². The third-order valence-corrected chi connectivity index (χ3v) is 1.41. The Hall–Kier alpha value is -1.49. The number of carboxylic acid groups (broad SMARTS) is 1. The average Bonchev–Trinajstić information content (AvgIpc) is 2.06. The highest BCUT2D eigenvalue weighted by molar-refractivity contribution is 7.82. The van der Waals surface area contributed by atoms with Crippen LogP contribution in [-0.2, 0) is 4.79 Å². The number of thiocarbonyl (C=S) groups is 1. The number of nitrogens with one attached hydrogen (secondary N) is 1. The lowest BCUT2D eigenvalue weighted by molar-refractivity contribution is -0.129. The van der Waals surface area contributed by atoms with E-state index >= 15 is 0 Å². The minimum atomic E-state index is -1.14. The number of carboxylic acids is 1. The van der Waals surface area contributed by atoms with Crippen LogP contribution in [-0.4, -0.2) is 21.0 Å². The monoisotopic (exact) mass is 182 g/mol. The fourth-order valence-corrected chi connectivity index (χ4v) is 0.738. The van der Waals surface area contributed by atoms with Crippen LogP contribution < -0.4 is 5.32 Å². The Bertz CT molecular complexity index is 300. The van der Waals surface area contributed by atoms with Crippen molar-refractivity contribution in [1.82, 2.24) is 4.98 Å². The number of hydrogen-bond donors (Lipinski definition) is 2. The Morgan fingerprint density at radius 3 is 2.58 bits per heavy atom. The van der Waals surface area contributed by atoms with Crippen molar-refractivity contribution in [3.8, 4) is 0 Å². The van der Waals surface area contributed by atoms with E-state index in [1.807, 2.05) is 0 Å². The van der Waals surface area contributed by atoms with Crippen LogP contribution in [0.4, 0.5) is 5.69 Å². The lowest BCUT2D eigenvalue weighted by atomic mass is 10.4. The maximum absolute atomic E-state index is 10.3. The van der Waals surface area contributed by atoms with Gasteiger partial charge in [-0.3, -0.25) is 4.98 Å². The standard InChI is InChI=1S/C7H6N2O2S/c10-7(11)6(12)9-5-1-3-8-4-2-5/h1-4H,(H,10,11)(H,8,9,12). The highest BCUT2D eigenvalue weighted by Crippen LogP contribution is 2.02. The van der Waals surface area contributed by atoms with Gasteiger partial charge in [0.25, 0.3) is 0 Å². The van der Waals surface area contributed by atoms with Gasteiger partial charge in [-0.15, -0.1) is 0 Å². The van der Waals surface area contributed by atoms with Gasteiger partial charge >= 0.3 is 5.97 Å². The van der Waals surface area contributed by atoms with Crippen LogP contribution in [0.25, 0.3) is 0 Å². The first kappa shape index (κ1) is 8.61. The molecular weight excluding hydrogens is 176 g/mol. The predicted octanol–water partition coefficient (Wildman–Crippen LogP) is 0.905. The van der Waals surface area contributed by atoms with Crippen molar-refractivity contribution in [3.63, 3.8) is 0 Å². The number of rotatable bonds is 1. The highest BCUT2D eigenvalue weighted by atomic mass is 32.1. The smallest absolute Gasteiger partial charge is 0.363 e. The predicted molar refractivity (Wildman–Crippen MR) is 48.1 cm³/mol. The topological polar surface area (TPSA) is 62.2 Å². The van der Waals surface area contributed by atoms with Crippen LogP contribution >= 0.6 is 12.2 Å². The molecule has 0 aliphatic carbocycles. The van der Waals surface area contributed by atoms with Gasteiger partial charge in [0.05, 0.1) is 0 Å². The van der Waals surface area contributed by atoms with Gasteiger partial charge in [-0.1, -0.05) is 12.2 Å². The summed E-state index contributed by atoms with van der Waals surface area (Å²) in [6.07, 6.45) is 3.10. The van der Waals surface area contributed by atoms with Gasteiger partial charge in [0.15, 0.2) is 4.99 Å². The molecule has 1 rings (SSSR count). The molecular formula is C7H6N2O2S. The molecule has 2 N–H and O–H groups in total. The summed E-state index contributed by atoms with van der Waals surface area (Å²) < 4.78 is 0. The zero-order valence-corrected chi connectivity index (χ0v) is 6.84. The molecule has 0 fully saturated rings. The third kappa shape index (κ3) is 2.28. The summed E-state index contributed by atoms with van der Waals surface area (Å²) in [5.41, 5.74) is 0.623. The number of nitrogens with zero attached hydrogens (tertiary/aromatic N) is 1. The first-order valence-electron chi connectivity index (χ1n) is 3.14. The van der Waals surface area contributed by atoms with E-state index in [0.717, 1.165) is 0 Å².